The number of benzene rings is 1. The van der Waals surface area contributed by atoms with E-state index in [0.29, 0.717) is 35.3 Å². The monoisotopic (exact) mass is 470 g/mol. The Bertz CT molecular complexity index is 1060. The van der Waals surface area contributed by atoms with Gasteiger partial charge in [0.15, 0.2) is 0 Å². The van der Waals surface area contributed by atoms with Crippen molar-refractivity contribution >= 4 is 29.5 Å². The van der Waals surface area contributed by atoms with Gasteiger partial charge in [0.1, 0.15) is 17.5 Å². The van der Waals surface area contributed by atoms with E-state index in [1.165, 1.54) is 11.1 Å². The van der Waals surface area contributed by atoms with Gasteiger partial charge in [-0.3, -0.25) is 4.90 Å². The molecule has 3 rings (SSSR count). The van der Waals surface area contributed by atoms with Crippen LogP contribution in [0.25, 0.3) is 0 Å². The van der Waals surface area contributed by atoms with Crippen LogP contribution >= 0.6 is 11.6 Å². The summed E-state index contributed by atoms with van der Waals surface area (Å²) in [6, 6.07) is 9.63. The highest BCUT2D eigenvalue weighted by Crippen LogP contribution is 2.47. The maximum Gasteiger partial charge on any atom is 0.408 e. The lowest BCUT2D eigenvalue weighted by atomic mass is 9.61. The molecule has 9 heteroatoms. The molecule has 1 aliphatic rings. The SMILES string of the molecule is CC1(C)[C@@H](Nc2nc(NCCc3cccc(Cl)c3)ncc2C#N)C[C@H]1N(C(=O)O)C(C)(C)C. The van der Waals surface area contributed by atoms with Crippen LogP contribution in [0.1, 0.15) is 52.2 Å². The molecule has 33 heavy (non-hydrogen) atoms. The normalized spacial score (nSPS) is 19.2. The van der Waals surface area contributed by atoms with Crippen LogP contribution in [0.5, 0.6) is 0 Å². The van der Waals surface area contributed by atoms with E-state index in [9.17, 15) is 15.2 Å². The fourth-order valence-corrected chi connectivity index (χ4v) is 4.52. The van der Waals surface area contributed by atoms with Gasteiger partial charge in [-0.25, -0.2) is 9.78 Å². The first-order valence-electron chi connectivity index (χ1n) is 11.0. The molecule has 0 bridgehead atoms. The summed E-state index contributed by atoms with van der Waals surface area (Å²) in [5, 5.41) is 26.6. The molecule has 0 aliphatic heterocycles. The smallest absolute Gasteiger partial charge is 0.408 e. The number of anilines is 2. The van der Waals surface area contributed by atoms with Crippen LogP contribution in [0.15, 0.2) is 30.5 Å². The Kier molecular flexibility index (Phi) is 7.03. The molecule has 1 aromatic carbocycles. The summed E-state index contributed by atoms with van der Waals surface area (Å²) in [5.41, 5.74) is 0.598. The second-order valence-corrected chi connectivity index (χ2v) is 10.4. The van der Waals surface area contributed by atoms with E-state index in [1.54, 1.807) is 0 Å². The fourth-order valence-electron chi connectivity index (χ4n) is 4.31. The molecule has 1 amide bonds. The minimum atomic E-state index is -0.926. The number of nitrogens with one attached hydrogen (secondary N) is 2. The number of nitriles is 1. The van der Waals surface area contributed by atoms with Crippen LogP contribution in [-0.4, -0.2) is 50.2 Å². The lowest BCUT2D eigenvalue weighted by molar-refractivity contribution is -0.0434. The van der Waals surface area contributed by atoms with Gasteiger partial charge >= 0.3 is 6.09 Å². The van der Waals surface area contributed by atoms with E-state index >= 15 is 0 Å². The standard InChI is InChI=1S/C24H31ClN6O2/c1-23(2,3)31(22(32)33)19-12-18(24(19,4)5)29-20-16(13-26)14-28-21(30-20)27-10-9-15-7-6-8-17(25)11-15/h6-8,11,14,18-19H,9-10,12H2,1-5H3,(H,32,33)(H2,27,28,29,30)/t18-,19+/m0/s1. The van der Waals surface area contributed by atoms with Crippen molar-refractivity contribution in [1.82, 2.24) is 14.9 Å². The third-order valence-corrected chi connectivity index (χ3v) is 6.50. The van der Waals surface area contributed by atoms with E-state index in [1.807, 2.05) is 58.9 Å². The summed E-state index contributed by atoms with van der Waals surface area (Å²) in [6.07, 6.45) is 1.95. The highest BCUT2D eigenvalue weighted by molar-refractivity contribution is 6.30. The van der Waals surface area contributed by atoms with Crippen molar-refractivity contribution in [1.29, 1.82) is 5.26 Å². The number of aromatic nitrogens is 2. The third-order valence-electron chi connectivity index (χ3n) is 6.26. The highest BCUT2D eigenvalue weighted by atomic mass is 35.5. The molecule has 3 N–H and O–H groups in total. The number of rotatable bonds is 7. The molecule has 1 aliphatic carbocycles. The Labute approximate surface area is 200 Å². The molecule has 8 nitrogen and oxygen atoms in total. The molecule has 2 aromatic rings. The molecule has 0 saturated heterocycles. The van der Waals surface area contributed by atoms with Crippen molar-refractivity contribution in [2.45, 2.75) is 65.1 Å². The van der Waals surface area contributed by atoms with E-state index in [2.05, 4.69) is 26.7 Å². The molecule has 1 saturated carbocycles. The second-order valence-electron chi connectivity index (χ2n) is 9.97. The van der Waals surface area contributed by atoms with Crippen LogP contribution in [-0.2, 0) is 6.42 Å². The molecular formula is C24H31ClN6O2. The van der Waals surface area contributed by atoms with E-state index in [-0.39, 0.29) is 17.5 Å². The van der Waals surface area contributed by atoms with Gasteiger partial charge in [0.05, 0.1) is 6.20 Å². The van der Waals surface area contributed by atoms with Gasteiger partial charge in [-0.05, 0) is 51.3 Å². The van der Waals surface area contributed by atoms with Crippen molar-refractivity contribution in [2.75, 3.05) is 17.2 Å². The van der Waals surface area contributed by atoms with Gasteiger partial charge in [-0.1, -0.05) is 37.6 Å². The largest absolute Gasteiger partial charge is 0.465 e. The topological polar surface area (TPSA) is 114 Å². The predicted molar refractivity (Wildman–Crippen MR) is 130 cm³/mol. The Morgan fingerprint density at radius 2 is 2.12 bits per heavy atom. The zero-order chi connectivity index (χ0) is 24.4. The minimum absolute atomic E-state index is 0.0342. The van der Waals surface area contributed by atoms with Crippen molar-refractivity contribution < 1.29 is 9.90 Å². The first kappa shape index (κ1) is 24.6. The average Bonchev–Trinajstić information content (AvgIpc) is 2.72. The molecule has 176 valence electrons. The van der Waals surface area contributed by atoms with E-state index in [0.717, 1.165) is 12.0 Å². The maximum atomic E-state index is 11.9. The van der Waals surface area contributed by atoms with Crippen LogP contribution in [0.3, 0.4) is 0 Å². The first-order valence-corrected chi connectivity index (χ1v) is 11.4. The number of nitrogens with zero attached hydrogens (tertiary/aromatic N) is 4. The molecule has 0 unspecified atom stereocenters. The van der Waals surface area contributed by atoms with Gasteiger partial charge in [-0.15, -0.1) is 0 Å². The molecule has 1 aromatic heterocycles. The third kappa shape index (κ3) is 5.48. The summed E-state index contributed by atoms with van der Waals surface area (Å²) < 4.78 is 0. The molecular weight excluding hydrogens is 440 g/mol. The summed E-state index contributed by atoms with van der Waals surface area (Å²) in [4.78, 5) is 22.2. The molecule has 0 radical (unpaired) electrons. The fraction of sp³-hybridized carbons (Fsp3) is 0.500. The number of hydrogen-bond donors (Lipinski definition) is 3. The zero-order valence-electron chi connectivity index (χ0n) is 19.7. The molecule has 1 fully saturated rings. The second kappa shape index (κ2) is 9.44. The van der Waals surface area contributed by atoms with Crippen molar-refractivity contribution in [3.8, 4) is 6.07 Å². The van der Waals surface area contributed by atoms with Crippen molar-refractivity contribution in [3.05, 3.63) is 46.6 Å². The lowest BCUT2D eigenvalue weighted by Crippen LogP contribution is -2.68. The van der Waals surface area contributed by atoms with Crippen LogP contribution in [0.2, 0.25) is 5.02 Å². The number of carboxylic acid groups (broad SMARTS) is 1. The predicted octanol–water partition coefficient (Wildman–Crippen LogP) is 5.01. The maximum absolute atomic E-state index is 11.9. The summed E-state index contributed by atoms with van der Waals surface area (Å²) in [5.74, 6) is 0.876. The van der Waals surface area contributed by atoms with Gasteiger partial charge in [-0.2, -0.15) is 10.2 Å². The summed E-state index contributed by atoms with van der Waals surface area (Å²) in [6.45, 7) is 10.4. The summed E-state index contributed by atoms with van der Waals surface area (Å²) >= 11 is 6.04. The van der Waals surface area contributed by atoms with Crippen molar-refractivity contribution in [2.24, 2.45) is 5.41 Å². The minimum Gasteiger partial charge on any atom is -0.465 e. The molecule has 1 heterocycles. The first-order chi connectivity index (χ1) is 15.4. The van der Waals surface area contributed by atoms with E-state index < -0.39 is 11.6 Å². The Balaban J connectivity index is 1.69. The van der Waals surface area contributed by atoms with Gasteiger partial charge < -0.3 is 15.7 Å². The zero-order valence-corrected chi connectivity index (χ0v) is 20.4. The lowest BCUT2D eigenvalue weighted by Gasteiger charge is -2.58. The van der Waals surface area contributed by atoms with Crippen molar-refractivity contribution in [3.63, 3.8) is 0 Å². The van der Waals surface area contributed by atoms with Crippen LogP contribution in [0.4, 0.5) is 16.6 Å². The quantitative estimate of drug-likeness (QED) is 0.520. The van der Waals surface area contributed by atoms with Gasteiger partial charge in [0, 0.05) is 34.6 Å². The Morgan fingerprint density at radius 3 is 2.70 bits per heavy atom. The van der Waals surface area contributed by atoms with Crippen LogP contribution < -0.4 is 10.6 Å². The van der Waals surface area contributed by atoms with Crippen LogP contribution in [0, 0.1) is 16.7 Å². The highest BCUT2D eigenvalue weighted by Gasteiger charge is 2.54. The number of carbonyl (C=O) groups is 1. The average molecular weight is 471 g/mol. The molecule has 2 atom stereocenters. The Hall–Kier alpha value is -3.05. The van der Waals surface area contributed by atoms with Gasteiger partial charge in [0.2, 0.25) is 5.95 Å². The molecule has 0 spiro atoms. The Morgan fingerprint density at radius 1 is 1.39 bits per heavy atom. The van der Waals surface area contributed by atoms with Gasteiger partial charge in [0.25, 0.3) is 0 Å². The number of amides is 1. The summed E-state index contributed by atoms with van der Waals surface area (Å²) in [7, 11) is 0. The number of halogens is 1. The van der Waals surface area contributed by atoms with E-state index in [4.69, 9.17) is 11.6 Å². The number of hydrogen-bond acceptors (Lipinski definition) is 6.